The van der Waals surface area contributed by atoms with Gasteiger partial charge in [0.15, 0.2) is 11.5 Å². The molecule has 2 aliphatic rings. The number of aryl methyl sites for hydroxylation is 1. The predicted octanol–water partition coefficient (Wildman–Crippen LogP) is 4.53. The lowest BCUT2D eigenvalue weighted by molar-refractivity contribution is -0.146. The average Bonchev–Trinajstić information content (AvgIpc) is 3.54. The molecule has 2 saturated carbocycles. The van der Waals surface area contributed by atoms with Gasteiger partial charge in [-0.1, -0.05) is 29.8 Å². The van der Waals surface area contributed by atoms with E-state index in [0.717, 1.165) is 19.3 Å². The summed E-state index contributed by atoms with van der Waals surface area (Å²) >= 11 is 0. The van der Waals surface area contributed by atoms with Crippen LogP contribution in [0.3, 0.4) is 0 Å². The summed E-state index contributed by atoms with van der Waals surface area (Å²) in [5, 5.41) is 12.7. The highest BCUT2D eigenvalue weighted by Crippen LogP contribution is 2.57. The maximum Gasteiger partial charge on any atom is 0.329 e. The van der Waals surface area contributed by atoms with E-state index < -0.39 is 17.4 Å². The maximum absolute atomic E-state index is 13.0. The first kappa shape index (κ1) is 22.2. The molecule has 2 aliphatic carbocycles. The molecule has 1 amide bonds. The summed E-state index contributed by atoms with van der Waals surface area (Å²) in [6.07, 6.45) is 5.75. The minimum absolute atomic E-state index is 0.335. The van der Waals surface area contributed by atoms with Crippen LogP contribution in [0.4, 0.5) is 0 Å². The number of aliphatic carboxylic acids is 1. The quantitative estimate of drug-likeness (QED) is 0.634. The summed E-state index contributed by atoms with van der Waals surface area (Å²) in [7, 11) is 1.55. The van der Waals surface area contributed by atoms with Gasteiger partial charge in [-0.3, -0.25) is 4.79 Å². The van der Waals surface area contributed by atoms with E-state index in [4.69, 9.17) is 9.47 Å². The Balaban J connectivity index is 1.44. The van der Waals surface area contributed by atoms with Gasteiger partial charge < -0.3 is 19.9 Å². The highest BCUT2D eigenvalue weighted by Gasteiger charge is 2.52. The maximum atomic E-state index is 13.0. The van der Waals surface area contributed by atoms with Gasteiger partial charge >= 0.3 is 5.97 Å². The SMILES string of the molecule is COc1ccc(C(=O)NC2(C(=O)O)CCC3(CC3)CC2)cc1OCCc1cccc(C)c1. The zero-order valence-corrected chi connectivity index (χ0v) is 18.8. The lowest BCUT2D eigenvalue weighted by Crippen LogP contribution is -2.56. The number of hydrogen-bond donors (Lipinski definition) is 2. The number of rotatable bonds is 8. The van der Waals surface area contributed by atoms with Gasteiger partial charge in [0.25, 0.3) is 5.91 Å². The monoisotopic (exact) mass is 437 g/mol. The fourth-order valence-corrected chi connectivity index (χ4v) is 4.64. The third-order valence-electron chi connectivity index (χ3n) is 7.04. The van der Waals surface area contributed by atoms with Crippen LogP contribution in [0.5, 0.6) is 11.5 Å². The van der Waals surface area contributed by atoms with E-state index in [2.05, 4.69) is 30.4 Å². The van der Waals surface area contributed by atoms with E-state index >= 15 is 0 Å². The van der Waals surface area contributed by atoms with Crippen LogP contribution in [0.1, 0.15) is 60.0 Å². The van der Waals surface area contributed by atoms with E-state index in [-0.39, 0.29) is 0 Å². The number of benzene rings is 2. The van der Waals surface area contributed by atoms with Crippen molar-refractivity contribution in [2.45, 2.75) is 57.4 Å². The molecule has 2 aromatic rings. The highest BCUT2D eigenvalue weighted by molar-refractivity contribution is 5.98. The molecule has 2 fully saturated rings. The summed E-state index contributed by atoms with van der Waals surface area (Å²) in [5.41, 5.74) is 1.87. The second-order valence-electron chi connectivity index (χ2n) is 9.29. The molecule has 0 saturated heterocycles. The van der Waals surface area contributed by atoms with Crippen molar-refractivity contribution in [3.8, 4) is 11.5 Å². The Morgan fingerprint density at radius 1 is 1.00 bits per heavy atom. The van der Waals surface area contributed by atoms with Crippen molar-refractivity contribution in [2.24, 2.45) is 5.41 Å². The summed E-state index contributed by atoms with van der Waals surface area (Å²) in [6.45, 7) is 2.49. The minimum atomic E-state index is -1.20. The highest BCUT2D eigenvalue weighted by atomic mass is 16.5. The molecule has 1 spiro atoms. The first-order chi connectivity index (χ1) is 15.3. The Kier molecular flexibility index (Phi) is 6.13. The van der Waals surface area contributed by atoms with E-state index in [1.165, 1.54) is 24.0 Å². The second kappa shape index (κ2) is 8.85. The number of carbonyl (C=O) groups excluding carboxylic acids is 1. The number of amides is 1. The van der Waals surface area contributed by atoms with E-state index in [0.29, 0.717) is 41.9 Å². The number of carbonyl (C=O) groups is 2. The molecule has 0 bridgehead atoms. The van der Waals surface area contributed by atoms with Gasteiger partial charge in [-0.05, 0) is 74.6 Å². The minimum Gasteiger partial charge on any atom is -0.493 e. The van der Waals surface area contributed by atoms with Crippen LogP contribution in [0.2, 0.25) is 0 Å². The molecule has 0 atom stereocenters. The Bertz CT molecular complexity index is 1000. The molecule has 2 N–H and O–H groups in total. The van der Waals surface area contributed by atoms with Crippen LogP contribution < -0.4 is 14.8 Å². The zero-order valence-electron chi connectivity index (χ0n) is 18.8. The number of hydrogen-bond acceptors (Lipinski definition) is 4. The first-order valence-corrected chi connectivity index (χ1v) is 11.3. The molecule has 4 rings (SSSR count). The number of methoxy groups -OCH3 is 1. The first-order valence-electron chi connectivity index (χ1n) is 11.3. The van der Waals surface area contributed by atoms with E-state index in [1.807, 2.05) is 6.07 Å². The fourth-order valence-electron chi connectivity index (χ4n) is 4.64. The standard InChI is InChI=1S/C26H31NO5/c1-18-4-3-5-19(16-18)8-15-32-22-17-20(6-7-21(22)31-2)23(28)27-26(24(29)30)13-11-25(9-10-25)12-14-26/h3-7,16-17H,8-15H2,1-2H3,(H,27,28)(H,29,30). The largest absolute Gasteiger partial charge is 0.493 e. The smallest absolute Gasteiger partial charge is 0.329 e. The molecule has 32 heavy (non-hydrogen) atoms. The molecule has 0 heterocycles. The van der Waals surface area contributed by atoms with Crippen molar-refractivity contribution in [1.29, 1.82) is 0 Å². The van der Waals surface area contributed by atoms with Crippen LogP contribution in [0.25, 0.3) is 0 Å². The van der Waals surface area contributed by atoms with Crippen LogP contribution >= 0.6 is 0 Å². The third-order valence-corrected chi connectivity index (χ3v) is 7.04. The summed E-state index contributed by atoms with van der Waals surface area (Å²) < 4.78 is 11.3. The topological polar surface area (TPSA) is 84.9 Å². The third kappa shape index (κ3) is 4.74. The lowest BCUT2D eigenvalue weighted by Gasteiger charge is -2.37. The zero-order chi connectivity index (χ0) is 22.8. The molecule has 0 aromatic heterocycles. The summed E-state index contributed by atoms with van der Waals surface area (Å²) in [4.78, 5) is 25.1. The molecule has 6 nitrogen and oxygen atoms in total. The summed E-state index contributed by atoms with van der Waals surface area (Å²) in [6, 6.07) is 13.2. The number of carboxylic acids is 1. The van der Waals surface area contributed by atoms with Gasteiger partial charge in [-0.2, -0.15) is 0 Å². The summed E-state index contributed by atoms with van der Waals surface area (Å²) in [5.74, 6) is -0.348. The number of ether oxygens (including phenoxy) is 2. The van der Waals surface area contributed by atoms with Crippen LogP contribution in [0.15, 0.2) is 42.5 Å². The second-order valence-corrected chi connectivity index (χ2v) is 9.29. The molecule has 2 aromatic carbocycles. The van der Waals surface area contributed by atoms with E-state index in [9.17, 15) is 14.7 Å². The fraction of sp³-hybridized carbons (Fsp3) is 0.462. The molecule has 0 unspecified atom stereocenters. The predicted molar refractivity (Wildman–Crippen MR) is 121 cm³/mol. The Morgan fingerprint density at radius 3 is 2.34 bits per heavy atom. The van der Waals surface area contributed by atoms with Crippen molar-refractivity contribution in [3.63, 3.8) is 0 Å². The van der Waals surface area contributed by atoms with Crippen molar-refractivity contribution in [3.05, 3.63) is 59.2 Å². The Hall–Kier alpha value is -3.02. The lowest BCUT2D eigenvalue weighted by atomic mass is 9.74. The Morgan fingerprint density at radius 2 is 1.72 bits per heavy atom. The molecule has 6 heteroatoms. The molecule has 0 aliphatic heterocycles. The van der Waals surface area contributed by atoms with Gasteiger partial charge in [0.2, 0.25) is 0 Å². The van der Waals surface area contributed by atoms with Crippen LogP contribution in [-0.4, -0.2) is 36.2 Å². The molecule has 0 radical (unpaired) electrons. The molecule has 170 valence electrons. The van der Waals surface area contributed by atoms with Gasteiger partial charge in [-0.25, -0.2) is 4.79 Å². The van der Waals surface area contributed by atoms with Gasteiger partial charge in [0, 0.05) is 12.0 Å². The van der Waals surface area contributed by atoms with Gasteiger partial charge in [0.1, 0.15) is 5.54 Å². The van der Waals surface area contributed by atoms with Crippen molar-refractivity contribution < 1.29 is 24.2 Å². The van der Waals surface area contributed by atoms with Crippen LogP contribution in [-0.2, 0) is 11.2 Å². The number of carboxylic acid groups (broad SMARTS) is 1. The van der Waals surface area contributed by atoms with Gasteiger partial charge in [0.05, 0.1) is 13.7 Å². The van der Waals surface area contributed by atoms with Crippen molar-refractivity contribution >= 4 is 11.9 Å². The van der Waals surface area contributed by atoms with Crippen molar-refractivity contribution in [2.75, 3.05) is 13.7 Å². The van der Waals surface area contributed by atoms with Crippen molar-refractivity contribution in [1.82, 2.24) is 5.32 Å². The molecular weight excluding hydrogens is 406 g/mol. The van der Waals surface area contributed by atoms with Crippen LogP contribution in [0, 0.1) is 12.3 Å². The number of nitrogens with one attached hydrogen (secondary N) is 1. The Labute approximate surface area is 188 Å². The van der Waals surface area contributed by atoms with Gasteiger partial charge in [-0.15, -0.1) is 0 Å². The van der Waals surface area contributed by atoms with E-state index in [1.54, 1.807) is 25.3 Å². The average molecular weight is 438 g/mol. The molecular formula is C26H31NO5. The normalized spacial score (nSPS) is 18.1.